The van der Waals surface area contributed by atoms with Gasteiger partial charge in [0.2, 0.25) is 0 Å². The second kappa shape index (κ2) is 8.71. The third-order valence-corrected chi connectivity index (χ3v) is 5.00. The van der Waals surface area contributed by atoms with Crippen LogP contribution in [0.4, 0.5) is 5.82 Å². The van der Waals surface area contributed by atoms with Crippen molar-refractivity contribution in [3.63, 3.8) is 0 Å². The van der Waals surface area contributed by atoms with E-state index in [0.717, 1.165) is 0 Å². The number of aromatic nitrogens is 3. The summed E-state index contributed by atoms with van der Waals surface area (Å²) in [6.45, 7) is 1.78. The molecule has 8 heteroatoms. The Bertz CT molecular complexity index is 1290. The fourth-order valence-electron chi connectivity index (χ4n) is 3.12. The van der Waals surface area contributed by atoms with Crippen molar-refractivity contribution >= 4 is 40.7 Å². The highest BCUT2D eigenvalue weighted by Gasteiger charge is 2.20. The number of aryl methyl sites for hydroxylation is 1. The minimum Gasteiger partial charge on any atom is -0.306 e. The maximum absolute atomic E-state index is 13.1. The molecule has 1 amide bonds. The smallest absolute Gasteiger partial charge is 0.257 e. The molecule has 0 radical (unpaired) electrons. The van der Waals surface area contributed by atoms with Crippen molar-refractivity contribution in [2.45, 2.75) is 6.92 Å². The number of halogens is 2. The van der Waals surface area contributed by atoms with Crippen LogP contribution in [0.2, 0.25) is 10.0 Å². The molecule has 0 aliphatic carbocycles. The molecule has 0 saturated carbocycles. The molecule has 0 saturated heterocycles. The van der Waals surface area contributed by atoms with Crippen LogP contribution < -0.4 is 5.32 Å². The van der Waals surface area contributed by atoms with Crippen molar-refractivity contribution in [3.8, 4) is 5.82 Å². The summed E-state index contributed by atoms with van der Waals surface area (Å²) in [4.78, 5) is 30.3. The van der Waals surface area contributed by atoms with Crippen molar-refractivity contribution in [1.82, 2.24) is 14.8 Å². The predicted molar refractivity (Wildman–Crippen MR) is 120 cm³/mol. The first-order valence-corrected chi connectivity index (χ1v) is 10.1. The zero-order valence-corrected chi connectivity index (χ0v) is 17.9. The zero-order chi connectivity index (χ0) is 22.0. The van der Waals surface area contributed by atoms with E-state index in [1.165, 1.54) is 10.9 Å². The minimum absolute atomic E-state index is 0.238. The third kappa shape index (κ3) is 4.35. The molecule has 0 spiro atoms. The van der Waals surface area contributed by atoms with E-state index in [4.69, 9.17) is 23.2 Å². The maximum atomic E-state index is 13.1. The van der Waals surface area contributed by atoms with Gasteiger partial charge in [0, 0.05) is 23.4 Å². The lowest BCUT2D eigenvalue weighted by Gasteiger charge is -2.12. The van der Waals surface area contributed by atoms with E-state index in [1.54, 1.807) is 67.6 Å². The first-order chi connectivity index (χ1) is 14.9. The van der Waals surface area contributed by atoms with Gasteiger partial charge in [-0.1, -0.05) is 71.7 Å². The molecule has 0 unspecified atom stereocenters. The van der Waals surface area contributed by atoms with Gasteiger partial charge in [0.25, 0.3) is 5.91 Å². The highest BCUT2D eigenvalue weighted by atomic mass is 35.5. The van der Waals surface area contributed by atoms with Gasteiger partial charge in [-0.15, -0.1) is 0 Å². The Hall–Kier alpha value is -3.48. The van der Waals surface area contributed by atoms with Crippen LogP contribution in [0.1, 0.15) is 32.0 Å². The average Bonchev–Trinajstić information content (AvgIpc) is 3.13. The summed E-state index contributed by atoms with van der Waals surface area (Å²) in [5.41, 5.74) is 1.70. The van der Waals surface area contributed by atoms with Gasteiger partial charge < -0.3 is 5.32 Å². The van der Waals surface area contributed by atoms with E-state index >= 15 is 0 Å². The molecule has 4 rings (SSSR count). The molecule has 1 N–H and O–H groups in total. The van der Waals surface area contributed by atoms with Gasteiger partial charge in [-0.2, -0.15) is 9.78 Å². The number of nitrogens with zero attached hydrogens (tertiary/aromatic N) is 3. The number of carbonyl (C=O) groups is 2. The normalized spacial score (nSPS) is 10.7. The van der Waals surface area contributed by atoms with Crippen LogP contribution in [0.15, 0.2) is 72.9 Å². The van der Waals surface area contributed by atoms with Crippen molar-refractivity contribution in [2.75, 3.05) is 5.32 Å². The van der Waals surface area contributed by atoms with Gasteiger partial charge in [0.15, 0.2) is 11.6 Å². The Kier molecular flexibility index (Phi) is 5.84. The van der Waals surface area contributed by atoms with Crippen LogP contribution in [0.3, 0.4) is 0 Å². The lowest BCUT2D eigenvalue weighted by atomic mass is 9.98. The molecule has 154 valence electrons. The first kappa shape index (κ1) is 20.8. The van der Waals surface area contributed by atoms with E-state index in [1.807, 2.05) is 6.07 Å². The molecule has 0 fully saturated rings. The highest BCUT2D eigenvalue weighted by molar-refractivity contribution is 6.35. The number of hydrogen-bond donors (Lipinski definition) is 1. The van der Waals surface area contributed by atoms with Crippen LogP contribution in [0, 0.1) is 6.92 Å². The molecule has 2 aromatic carbocycles. The Morgan fingerprint density at radius 1 is 0.935 bits per heavy atom. The summed E-state index contributed by atoms with van der Waals surface area (Å²) in [5.74, 6) is -0.00568. The first-order valence-electron chi connectivity index (χ1n) is 9.32. The number of rotatable bonds is 5. The van der Waals surface area contributed by atoms with Gasteiger partial charge in [-0.05, 0) is 19.1 Å². The molecule has 0 aliphatic rings. The topological polar surface area (TPSA) is 76.9 Å². The fourth-order valence-corrected chi connectivity index (χ4v) is 3.58. The van der Waals surface area contributed by atoms with E-state index in [2.05, 4.69) is 15.4 Å². The number of ketones is 1. The minimum atomic E-state index is -0.453. The van der Waals surface area contributed by atoms with Crippen LogP contribution in [0.5, 0.6) is 0 Å². The largest absolute Gasteiger partial charge is 0.306 e. The monoisotopic (exact) mass is 450 g/mol. The lowest BCUT2D eigenvalue weighted by Crippen LogP contribution is -2.19. The number of hydrogen-bond acceptors (Lipinski definition) is 4. The van der Waals surface area contributed by atoms with E-state index in [-0.39, 0.29) is 16.4 Å². The zero-order valence-electron chi connectivity index (χ0n) is 16.3. The van der Waals surface area contributed by atoms with E-state index in [9.17, 15) is 9.59 Å². The average molecular weight is 451 g/mol. The van der Waals surface area contributed by atoms with Crippen molar-refractivity contribution in [2.24, 2.45) is 0 Å². The lowest BCUT2D eigenvalue weighted by molar-refractivity contribution is 0.0996. The summed E-state index contributed by atoms with van der Waals surface area (Å²) < 4.78 is 1.42. The number of benzene rings is 2. The second-order valence-electron chi connectivity index (χ2n) is 6.74. The molecular weight excluding hydrogens is 435 g/mol. The molecule has 2 aromatic heterocycles. The predicted octanol–water partition coefficient (Wildman–Crippen LogP) is 5.37. The summed E-state index contributed by atoms with van der Waals surface area (Å²) in [7, 11) is 0. The summed E-state index contributed by atoms with van der Waals surface area (Å²) in [6.07, 6.45) is 1.44. The van der Waals surface area contributed by atoms with Gasteiger partial charge in [0.1, 0.15) is 5.82 Å². The van der Waals surface area contributed by atoms with E-state index < -0.39 is 5.91 Å². The number of amides is 1. The van der Waals surface area contributed by atoms with Gasteiger partial charge in [0.05, 0.1) is 21.3 Å². The van der Waals surface area contributed by atoms with E-state index in [0.29, 0.717) is 33.5 Å². The quantitative estimate of drug-likeness (QED) is 0.414. The Labute approximate surface area is 188 Å². The Balaban J connectivity index is 1.69. The fraction of sp³-hybridized carbons (Fsp3) is 0.0435. The van der Waals surface area contributed by atoms with Crippen LogP contribution in [-0.2, 0) is 0 Å². The molecule has 0 atom stereocenters. The molecular formula is C23H16Cl2N4O2. The van der Waals surface area contributed by atoms with Gasteiger partial charge in [-0.3, -0.25) is 9.59 Å². The molecule has 4 aromatic rings. The Morgan fingerprint density at radius 3 is 2.32 bits per heavy atom. The Morgan fingerprint density at radius 2 is 1.61 bits per heavy atom. The second-order valence-corrected chi connectivity index (χ2v) is 7.58. The number of nitrogens with one attached hydrogen (secondary N) is 1. The summed E-state index contributed by atoms with van der Waals surface area (Å²) in [6, 6.07) is 18.7. The third-order valence-electron chi connectivity index (χ3n) is 4.51. The molecule has 6 nitrogen and oxygen atoms in total. The van der Waals surface area contributed by atoms with Crippen molar-refractivity contribution in [3.05, 3.63) is 105 Å². The van der Waals surface area contributed by atoms with Gasteiger partial charge in [-0.25, -0.2) is 4.98 Å². The summed E-state index contributed by atoms with van der Waals surface area (Å²) in [5, 5.41) is 7.85. The number of carbonyl (C=O) groups excluding carboxylic acids is 2. The van der Waals surface area contributed by atoms with Crippen molar-refractivity contribution in [1.29, 1.82) is 0 Å². The SMILES string of the molecule is Cc1cc(NC(=O)c2ccccc2C(=O)c2ccccc2)n(-c2ncc(Cl)cc2Cl)n1. The van der Waals surface area contributed by atoms with Gasteiger partial charge >= 0.3 is 0 Å². The molecule has 31 heavy (non-hydrogen) atoms. The highest BCUT2D eigenvalue weighted by Crippen LogP contribution is 2.25. The molecule has 2 heterocycles. The van der Waals surface area contributed by atoms with Crippen molar-refractivity contribution < 1.29 is 9.59 Å². The number of anilines is 1. The maximum Gasteiger partial charge on any atom is 0.257 e. The molecule has 0 aliphatic heterocycles. The molecule has 0 bridgehead atoms. The number of pyridine rings is 1. The van der Waals surface area contributed by atoms with Crippen LogP contribution >= 0.6 is 23.2 Å². The van der Waals surface area contributed by atoms with Crippen LogP contribution in [0.25, 0.3) is 5.82 Å². The van der Waals surface area contributed by atoms with Crippen LogP contribution in [-0.4, -0.2) is 26.5 Å². The summed E-state index contributed by atoms with van der Waals surface area (Å²) >= 11 is 12.2. The standard InChI is InChI=1S/C23H16Cl2N4O2/c1-14-11-20(29(28-14)22-19(25)12-16(24)13-26-22)27-23(31)18-10-6-5-9-17(18)21(30)15-7-3-2-4-8-15/h2-13H,1H3,(H,27,31).